The van der Waals surface area contributed by atoms with Gasteiger partial charge in [0.05, 0.1) is 5.69 Å². The number of aromatic nitrogens is 2. The van der Waals surface area contributed by atoms with E-state index < -0.39 is 0 Å². The van der Waals surface area contributed by atoms with Crippen molar-refractivity contribution in [1.82, 2.24) is 19.2 Å². The van der Waals surface area contributed by atoms with E-state index in [-0.39, 0.29) is 12.5 Å². The number of aliphatic hydroxyl groups is 1. The third-order valence-corrected chi connectivity index (χ3v) is 6.87. The van der Waals surface area contributed by atoms with Crippen molar-refractivity contribution in [3.8, 4) is 0 Å². The van der Waals surface area contributed by atoms with Gasteiger partial charge in [-0.15, -0.1) is 0 Å². The molecule has 0 spiro atoms. The van der Waals surface area contributed by atoms with Gasteiger partial charge in [-0.25, -0.2) is 4.98 Å². The molecule has 33 heavy (non-hydrogen) atoms. The van der Waals surface area contributed by atoms with Crippen LogP contribution in [0.25, 0.3) is 5.65 Å². The molecule has 176 valence electrons. The van der Waals surface area contributed by atoms with Crippen molar-refractivity contribution in [2.24, 2.45) is 0 Å². The van der Waals surface area contributed by atoms with Gasteiger partial charge >= 0.3 is 0 Å². The first-order valence-electron chi connectivity index (χ1n) is 12.2. The fourth-order valence-corrected chi connectivity index (χ4v) is 4.91. The minimum absolute atomic E-state index is 0.0204. The number of nitrogens with zero attached hydrogens (tertiary/aromatic N) is 4. The Hall–Kier alpha value is -2.70. The van der Waals surface area contributed by atoms with Crippen molar-refractivity contribution >= 4 is 11.6 Å². The van der Waals surface area contributed by atoms with E-state index in [9.17, 15) is 9.90 Å². The summed E-state index contributed by atoms with van der Waals surface area (Å²) >= 11 is 0. The summed E-state index contributed by atoms with van der Waals surface area (Å²) < 4.78 is 2.10. The van der Waals surface area contributed by atoms with Crippen molar-refractivity contribution in [3.05, 3.63) is 71.2 Å². The van der Waals surface area contributed by atoms with E-state index in [4.69, 9.17) is 4.98 Å². The predicted molar refractivity (Wildman–Crippen MR) is 131 cm³/mol. The number of hydrogen-bond acceptors (Lipinski definition) is 4. The standard InChI is InChI=1S/C27H36N4O2/c1-21-10-8-17-31-24(20-30-16-7-6-13-23(30)14-9-19-32)25(28-26(21)31)27(33)29(2)18-15-22-11-4-3-5-12-22/h3-5,8,10-12,17,23,32H,6-7,9,13-16,18-20H2,1-2H3. The third-order valence-electron chi connectivity index (χ3n) is 6.87. The van der Waals surface area contributed by atoms with Gasteiger partial charge < -0.3 is 14.4 Å². The lowest BCUT2D eigenvalue weighted by atomic mass is 9.97. The second-order valence-corrected chi connectivity index (χ2v) is 9.24. The van der Waals surface area contributed by atoms with E-state index in [1.807, 2.05) is 50.5 Å². The van der Waals surface area contributed by atoms with Crippen molar-refractivity contribution in [1.29, 1.82) is 0 Å². The van der Waals surface area contributed by atoms with Gasteiger partial charge in [0.2, 0.25) is 0 Å². The van der Waals surface area contributed by atoms with Crippen LogP contribution in [0.1, 0.15) is 59.4 Å². The Kier molecular flexibility index (Phi) is 7.78. The number of likely N-dealkylation sites (tertiary alicyclic amines) is 1. The molecule has 4 rings (SSSR count). The molecule has 0 bridgehead atoms. The number of benzene rings is 1. The average Bonchev–Trinajstić information content (AvgIpc) is 3.21. The molecule has 6 heteroatoms. The summed E-state index contributed by atoms with van der Waals surface area (Å²) in [6, 6.07) is 14.8. The zero-order valence-corrected chi connectivity index (χ0v) is 19.9. The number of imidazole rings is 1. The zero-order chi connectivity index (χ0) is 23.2. The van der Waals surface area contributed by atoms with Gasteiger partial charge in [-0.1, -0.05) is 42.8 Å². The molecule has 1 amide bonds. The number of fused-ring (bicyclic) bond motifs is 1. The van der Waals surface area contributed by atoms with E-state index in [1.165, 1.54) is 18.4 Å². The number of hydrogen-bond donors (Lipinski definition) is 1. The number of likely N-dealkylation sites (N-methyl/N-ethyl adjacent to an activating group) is 1. The van der Waals surface area contributed by atoms with Crippen LogP contribution in [0.3, 0.4) is 0 Å². The van der Waals surface area contributed by atoms with Crippen molar-refractivity contribution < 1.29 is 9.90 Å². The van der Waals surface area contributed by atoms with Crippen LogP contribution in [0.2, 0.25) is 0 Å². The predicted octanol–water partition coefficient (Wildman–Crippen LogP) is 4.08. The Bertz CT molecular complexity index is 1060. The van der Waals surface area contributed by atoms with Crippen LogP contribution in [0.4, 0.5) is 0 Å². The molecule has 2 aromatic heterocycles. The van der Waals surface area contributed by atoms with Gasteiger partial charge in [-0.3, -0.25) is 9.69 Å². The van der Waals surface area contributed by atoms with E-state index in [1.54, 1.807) is 4.90 Å². The molecule has 1 atom stereocenters. The van der Waals surface area contributed by atoms with Crippen LogP contribution in [0.5, 0.6) is 0 Å². The summed E-state index contributed by atoms with van der Waals surface area (Å²) in [7, 11) is 1.87. The number of carbonyl (C=O) groups excluding carboxylic acids is 1. The van der Waals surface area contributed by atoms with Crippen LogP contribution in [0, 0.1) is 6.92 Å². The summed E-state index contributed by atoms with van der Waals surface area (Å²) in [5.41, 5.74) is 4.69. The largest absolute Gasteiger partial charge is 0.396 e. The van der Waals surface area contributed by atoms with Crippen LogP contribution in [-0.4, -0.2) is 63.0 Å². The SMILES string of the molecule is Cc1cccn2c(CN3CCCCC3CCCO)c(C(=O)N(C)CCc3ccccc3)nc12. The number of aliphatic hydroxyl groups excluding tert-OH is 1. The van der Waals surface area contributed by atoms with E-state index in [0.717, 1.165) is 49.1 Å². The molecule has 1 unspecified atom stereocenters. The van der Waals surface area contributed by atoms with Crippen molar-refractivity contribution in [3.63, 3.8) is 0 Å². The maximum atomic E-state index is 13.6. The highest BCUT2D eigenvalue weighted by atomic mass is 16.3. The van der Waals surface area contributed by atoms with Gasteiger partial charge in [0.15, 0.2) is 5.69 Å². The zero-order valence-electron chi connectivity index (χ0n) is 19.9. The summed E-state index contributed by atoms with van der Waals surface area (Å²) in [6.07, 6.45) is 8.21. The molecule has 1 aromatic carbocycles. The molecule has 1 aliphatic heterocycles. The minimum Gasteiger partial charge on any atom is -0.396 e. The summed E-state index contributed by atoms with van der Waals surface area (Å²) in [6.45, 7) is 4.65. The molecule has 3 aromatic rings. The Morgan fingerprint density at radius 1 is 1.18 bits per heavy atom. The maximum absolute atomic E-state index is 13.6. The number of carbonyl (C=O) groups is 1. The number of amides is 1. The molecule has 1 fully saturated rings. The highest BCUT2D eigenvalue weighted by molar-refractivity contribution is 5.94. The van der Waals surface area contributed by atoms with Crippen LogP contribution in [-0.2, 0) is 13.0 Å². The first-order valence-corrected chi connectivity index (χ1v) is 12.2. The number of pyridine rings is 1. The lowest BCUT2D eigenvalue weighted by molar-refractivity contribution is 0.0785. The molecule has 6 nitrogen and oxygen atoms in total. The summed E-state index contributed by atoms with van der Waals surface area (Å²) in [5.74, 6) is -0.0204. The molecule has 3 heterocycles. The first kappa shape index (κ1) is 23.5. The van der Waals surface area contributed by atoms with E-state index in [2.05, 4.69) is 21.4 Å². The first-order chi connectivity index (χ1) is 16.1. The normalized spacial score (nSPS) is 16.9. The lowest BCUT2D eigenvalue weighted by Crippen LogP contribution is -2.40. The quantitative estimate of drug-likeness (QED) is 0.536. The Balaban J connectivity index is 1.60. The number of rotatable bonds is 9. The monoisotopic (exact) mass is 448 g/mol. The molecule has 0 saturated carbocycles. The van der Waals surface area contributed by atoms with Gasteiger partial charge in [0, 0.05) is 39.0 Å². The number of piperidine rings is 1. The number of aryl methyl sites for hydroxylation is 1. The van der Waals surface area contributed by atoms with Gasteiger partial charge in [-0.2, -0.15) is 0 Å². The van der Waals surface area contributed by atoms with Crippen molar-refractivity contribution in [2.75, 3.05) is 26.7 Å². The van der Waals surface area contributed by atoms with E-state index in [0.29, 0.717) is 24.8 Å². The van der Waals surface area contributed by atoms with Crippen LogP contribution >= 0.6 is 0 Å². The fraction of sp³-hybridized carbons (Fsp3) is 0.481. The molecule has 1 aliphatic rings. The second kappa shape index (κ2) is 10.9. The summed E-state index contributed by atoms with van der Waals surface area (Å²) in [5, 5.41) is 9.34. The third kappa shape index (κ3) is 5.45. The molecular formula is C27H36N4O2. The Labute approximate surface area is 196 Å². The molecular weight excluding hydrogens is 412 g/mol. The summed E-state index contributed by atoms with van der Waals surface area (Å²) in [4.78, 5) is 22.7. The van der Waals surface area contributed by atoms with E-state index >= 15 is 0 Å². The average molecular weight is 449 g/mol. The van der Waals surface area contributed by atoms with Crippen LogP contribution < -0.4 is 0 Å². The lowest BCUT2D eigenvalue weighted by Gasteiger charge is -2.35. The topological polar surface area (TPSA) is 61.1 Å². The highest BCUT2D eigenvalue weighted by Gasteiger charge is 2.28. The molecule has 1 saturated heterocycles. The van der Waals surface area contributed by atoms with Crippen LogP contribution in [0.15, 0.2) is 48.7 Å². The second-order valence-electron chi connectivity index (χ2n) is 9.24. The van der Waals surface area contributed by atoms with Gasteiger partial charge in [-0.05, 0) is 62.8 Å². The van der Waals surface area contributed by atoms with Gasteiger partial charge in [0.25, 0.3) is 5.91 Å². The Morgan fingerprint density at radius 3 is 2.79 bits per heavy atom. The highest BCUT2D eigenvalue weighted by Crippen LogP contribution is 2.26. The van der Waals surface area contributed by atoms with Gasteiger partial charge in [0.1, 0.15) is 5.65 Å². The fourth-order valence-electron chi connectivity index (χ4n) is 4.91. The van der Waals surface area contributed by atoms with Crippen molar-refractivity contribution in [2.45, 2.75) is 58.0 Å². The molecule has 0 aliphatic carbocycles. The Morgan fingerprint density at radius 2 is 2.00 bits per heavy atom. The maximum Gasteiger partial charge on any atom is 0.274 e. The molecule has 1 N–H and O–H groups in total. The smallest absolute Gasteiger partial charge is 0.274 e. The molecule has 0 radical (unpaired) electrons. The minimum atomic E-state index is -0.0204.